The molecule has 0 N–H and O–H groups in total. The van der Waals surface area contributed by atoms with E-state index in [0.717, 1.165) is 11.3 Å². The van der Waals surface area contributed by atoms with E-state index >= 15 is 0 Å². The normalized spacial score (nSPS) is 10.4. The quantitative estimate of drug-likeness (QED) is 0.730. The maximum Gasteiger partial charge on any atom is 0.0991 e. The summed E-state index contributed by atoms with van der Waals surface area (Å²) in [4.78, 5) is 1.29. The van der Waals surface area contributed by atoms with Crippen LogP contribution >= 0.6 is 11.8 Å². The lowest BCUT2D eigenvalue weighted by molar-refractivity contribution is 0.865. The maximum atomic E-state index is 8.75. The molecule has 0 amide bonds. The molecule has 0 fully saturated rings. The third-order valence-electron chi connectivity index (χ3n) is 3.04. The molecule has 0 aromatic heterocycles. The van der Waals surface area contributed by atoms with Gasteiger partial charge in [0.2, 0.25) is 0 Å². The van der Waals surface area contributed by atoms with Crippen LogP contribution in [-0.2, 0) is 5.75 Å². The second kappa shape index (κ2) is 6.45. The van der Waals surface area contributed by atoms with Gasteiger partial charge < -0.3 is 0 Å². The highest BCUT2D eigenvalue weighted by Gasteiger charge is 2.00. The van der Waals surface area contributed by atoms with Crippen LogP contribution in [0.25, 0.3) is 0 Å². The van der Waals surface area contributed by atoms with Gasteiger partial charge in [-0.05, 0) is 41.3 Å². The minimum Gasteiger partial charge on any atom is -0.192 e. The predicted molar refractivity (Wildman–Crippen MR) is 81.2 cm³/mol. The van der Waals surface area contributed by atoms with Crippen LogP contribution in [0.2, 0.25) is 0 Å². The van der Waals surface area contributed by atoms with E-state index in [9.17, 15) is 0 Å². The Labute approximate surface area is 119 Å². The van der Waals surface area contributed by atoms with Crippen molar-refractivity contribution in [1.29, 1.82) is 5.26 Å². The van der Waals surface area contributed by atoms with Crippen LogP contribution in [-0.4, -0.2) is 0 Å². The Hall–Kier alpha value is -1.72. The molecule has 0 bridgehead atoms. The minimum absolute atomic E-state index is 0.581. The Bertz CT molecular complexity index is 562. The van der Waals surface area contributed by atoms with Crippen molar-refractivity contribution < 1.29 is 0 Å². The lowest BCUT2D eigenvalue weighted by Crippen LogP contribution is -1.86. The molecule has 0 heterocycles. The Morgan fingerprint density at radius 2 is 1.63 bits per heavy atom. The van der Waals surface area contributed by atoms with Crippen molar-refractivity contribution in [3.8, 4) is 6.07 Å². The van der Waals surface area contributed by atoms with Crippen molar-refractivity contribution in [2.45, 2.75) is 30.4 Å². The fourth-order valence-corrected chi connectivity index (χ4v) is 2.65. The molecule has 0 spiro atoms. The summed E-state index contributed by atoms with van der Waals surface area (Å²) >= 11 is 1.82. The summed E-state index contributed by atoms with van der Waals surface area (Å²) in [6.45, 7) is 4.41. The van der Waals surface area contributed by atoms with Gasteiger partial charge in [0.25, 0.3) is 0 Å². The van der Waals surface area contributed by atoms with Crippen LogP contribution in [0.15, 0.2) is 53.4 Å². The van der Waals surface area contributed by atoms with Gasteiger partial charge in [-0.3, -0.25) is 0 Å². The number of benzene rings is 2. The van der Waals surface area contributed by atoms with Crippen LogP contribution in [0.1, 0.15) is 36.5 Å². The fourth-order valence-electron chi connectivity index (χ4n) is 1.79. The zero-order valence-electron chi connectivity index (χ0n) is 11.3. The lowest BCUT2D eigenvalue weighted by atomic mass is 10.0. The van der Waals surface area contributed by atoms with Gasteiger partial charge in [0.15, 0.2) is 0 Å². The van der Waals surface area contributed by atoms with Crippen molar-refractivity contribution in [2.75, 3.05) is 0 Å². The number of rotatable bonds is 4. The minimum atomic E-state index is 0.581. The third-order valence-corrected chi connectivity index (χ3v) is 4.12. The van der Waals surface area contributed by atoms with Gasteiger partial charge in [0.1, 0.15) is 0 Å². The van der Waals surface area contributed by atoms with Gasteiger partial charge in [0.05, 0.1) is 11.6 Å². The van der Waals surface area contributed by atoms with E-state index < -0.39 is 0 Å². The number of nitrogens with zero attached hydrogens (tertiary/aromatic N) is 1. The summed E-state index contributed by atoms with van der Waals surface area (Å²) in [6, 6.07) is 18.7. The highest BCUT2D eigenvalue weighted by Crippen LogP contribution is 2.25. The Balaban J connectivity index is 1.96. The monoisotopic (exact) mass is 267 g/mol. The van der Waals surface area contributed by atoms with E-state index in [4.69, 9.17) is 5.26 Å². The molecule has 2 rings (SSSR count). The average Bonchev–Trinajstić information content (AvgIpc) is 2.46. The molecule has 0 radical (unpaired) electrons. The first-order chi connectivity index (χ1) is 9.19. The van der Waals surface area contributed by atoms with Crippen LogP contribution in [0.4, 0.5) is 0 Å². The third kappa shape index (κ3) is 3.87. The second-order valence-corrected chi connectivity index (χ2v) is 5.87. The molecule has 2 aromatic rings. The molecule has 96 valence electrons. The molecule has 0 aliphatic carbocycles. The van der Waals surface area contributed by atoms with Gasteiger partial charge in [-0.1, -0.05) is 38.1 Å². The van der Waals surface area contributed by atoms with E-state index in [-0.39, 0.29) is 0 Å². The predicted octanol–water partition coefficient (Wildman–Crippen LogP) is 4.97. The lowest BCUT2D eigenvalue weighted by Gasteiger charge is -2.07. The molecule has 0 saturated carbocycles. The number of thioether (sulfide) groups is 1. The largest absolute Gasteiger partial charge is 0.192 e. The van der Waals surface area contributed by atoms with Crippen LogP contribution in [0.3, 0.4) is 0 Å². The van der Waals surface area contributed by atoms with Crippen molar-refractivity contribution >= 4 is 11.8 Å². The molecular formula is C17H17NS. The van der Waals surface area contributed by atoms with Gasteiger partial charge in [-0.15, -0.1) is 11.8 Å². The molecule has 19 heavy (non-hydrogen) atoms. The summed E-state index contributed by atoms with van der Waals surface area (Å²) in [5.41, 5.74) is 3.34. The van der Waals surface area contributed by atoms with E-state index in [1.165, 1.54) is 16.0 Å². The smallest absolute Gasteiger partial charge is 0.0991 e. The molecule has 1 nitrogen and oxygen atoms in total. The molecule has 0 unspecified atom stereocenters. The number of nitriles is 1. The maximum absolute atomic E-state index is 8.75. The van der Waals surface area contributed by atoms with Gasteiger partial charge in [-0.2, -0.15) is 5.26 Å². The van der Waals surface area contributed by atoms with Crippen molar-refractivity contribution in [1.82, 2.24) is 0 Å². The number of hydrogen-bond acceptors (Lipinski definition) is 2. The first-order valence-corrected chi connectivity index (χ1v) is 7.39. The van der Waals surface area contributed by atoms with Crippen molar-refractivity contribution in [3.63, 3.8) is 0 Å². The van der Waals surface area contributed by atoms with E-state index in [2.05, 4.69) is 44.2 Å². The SMILES string of the molecule is CC(C)c1ccc(SCc2ccc(C#N)cc2)cc1. The first-order valence-electron chi connectivity index (χ1n) is 6.41. The summed E-state index contributed by atoms with van der Waals surface area (Å²) in [5, 5.41) is 8.75. The molecule has 0 aliphatic heterocycles. The van der Waals surface area contributed by atoms with Crippen LogP contribution in [0, 0.1) is 11.3 Å². The highest BCUT2D eigenvalue weighted by molar-refractivity contribution is 7.98. The van der Waals surface area contributed by atoms with Gasteiger partial charge >= 0.3 is 0 Å². The summed E-state index contributed by atoms with van der Waals surface area (Å²) < 4.78 is 0. The standard InChI is InChI=1S/C17H17NS/c1-13(2)16-7-9-17(10-8-16)19-12-15-5-3-14(11-18)4-6-15/h3-10,13H,12H2,1-2H3. The zero-order chi connectivity index (χ0) is 13.7. The zero-order valence-corrected chi connectivity index (χ0v) is 12.1. The Kier molecular flexibility index (Phi) is 4.65. The second-order valence-electron chi connectivity index (χ2n) is 4.82. The molecule has 2 aromatic carbocycles. The van der Waals surface area contributed by atoms with Gasteiger partial charge in [0, 0.05) is 10.6 Å². The Morgan fingerprint density at radius 3 is 2.16 bits per heavy atom. The van der Waals surface area contributed by atoms with Crippen LogP contribution in [0.5, 0.6) is 0 Å². The van der Waals surface area contributed by atoms with E-state index in [1.807, 2.05) is 36.0 Å². The number of hydrogen-bond donors (Lipinski definition) is 0. The molecule has 2 heteroatoms. The first kappa shape index (κ1) is 13.7. The summed E-state index contributed by atoms with van der Waals surface area (Å²) in [7, 11) is 0. The molecular weight excluding hydrogens is 250 g/mol. The molecule has 0 aliphatic rings. The highest BCUT2D eigenvalue weighted by atomic mass is 32.2. The summed E-state index contributed by atoms with van der Waals surface area (Å²) in [6.07, 6.45) is 0. The van der Waals surface area contributed by atoms with E-state index in [1.54, 1.807) is 0 Å². The average molecular weight is 267 g/mol. The van der Waals surface area contributed by atoms with Gasteiger partial charge in [-0.25, -0.2) is 0 Å². The molecule has 0 saturated heterocycles. The Morgan fingerprint density at radius 1 is 1.00 bits per heavy atom. The summed E-state index contributed by atoms with van der Waals surface area (Å²) in [5.74, 6) is 1.52. The fraction of sp³-hybridized carbons (Fsp3) is 0.235. The van der Waals surface area contributed by atoms with Crippen molar-refractivity contribution in [3.05, 3.63) is 65.2 Å². The molecule has 0 atom stereocenters. The topological polar surface area (TPSA) is 23.8 Å². The van der Waals surface area contributed by atoms with Crippen molar-refractivity contribution in [2.24, 2.45) is 0 Å². The van der Waals surface area contributed by atoms with Crippen LogP contribution < -0.4 is 0 Å². The van der Waals surface area contributed by atoms with E-state index in [0.29, 0.717) is 5.92 Å².